The van der Waals surface area contributed by atoms with Crippen LogP contribution in [0.3, 0.4) is 0 Å². The highest BCUT2D eigenvalue weighted by Gasteiger charge is 2.04. The van der Waals surface area contributed by atoms with Gasteiger partial charge in [0.2, 0.25) is 0 Å². The van der Waals surface area contributed by atoms with E-state index in [0.29, 0.717) is 28.2 Å². The van der Waals surface area contributed by atoms with Crippen molar-refractivity contribution in [1.82, 2.24) is 0 Å². The van der Waals surface area contributed by atoms with E-state index in [4.69, 9.17) is 32.7 Å². The van der Waals surface area contributed by atoms with Gasteiger partial charge in [-0.25, -0.2) is 0 Å². The number of nitrogens with zero attached hydrogens (tertiary/aromatic N) is 1. The molecule has 27 heavy (non-hydrogen) atoms. The molecular weight excluding hydrogens is 383 g/mol. The van der Waals surface area contributed by atoms with Gasteiger partial charge in [0.05, 0.1) is 29.1 Å². The van der Waals surface area contributed by atoms with Gasteiger partial charge >= 0.3 is 0 Å². The van der Waals surface area contributed by atoms with Crippen LogP contribution < -0.4 is 14.9 Å². The molecule has 0 atom stereocenters. The van der Waals surface area contributed by atoms with Crippen LogP contribution in [0.1, 0.15) is 11.1 Å². The Balaban J connectivity index is 1.60. The molecule has 3 rings (SSSR count). The summed E-state index contributed by atoms with van der Waals surface area (Å²) in [6.45, 7) is 0.466. The summed E-state index contributed by atoms with van der Waals surface area (Å²) in [7, 11) is 1.57. The van der Waals surface area contributed by atoms with Crippen LogP contribution >= 0.6 is 23.2 Å². The molecule has 0 amide bonds. The quantitative estimate of drug-likeness (QED) is 0.389. The number of benzene rings is 3. The first-order valence-electron chi connectivity index (χ1n) is 8.24. The van der Waals surface area contributed by atoms with Crippen LogP contribution in [0.2, 0.25) is 10.0 Å². The Morgan fingerprint density at radius 2 is 1.67 bits per heavy atom. The largest absolute Gasteiger partial charge is 0.495 e. The first kappa shape index (κ1) is 19.1. The summed E-state index contributed by atoms with van der Waals surface area (Å²) in [5.74, 6) is 1.25. The zero-order chi connectivity index (χ0) is 19.1. The molecule has 0 aromatic heterocycles. The fourth-order valence-corrected chi connectivity index (χ4v) is 2.87. The molecule has 0 fully saturated rings. The zero-order valence-electron chi connectivity index (χ0n) is 14.7. The van der Waals surface area contributed by atoms with E-state index in [1.54, 1.807) is 31.5 Å². The van der Waals surface area contributed by atoms with E-state index in [-0.39, 0.29) is 0 Å². The Kier molecular flexibility index (Phi) is 6.58. The molecule has 4 nitrogen and oxygen atoms in total. The molecule has 0 aliphatic carbocycles. The normalized spacial score (nSPS) is 10.8. The molecule has 0 saturated heterocycles. The molecule has 0 aliphatic heterocycles. The lowest BCUT2D eigenvalue weighted by atomic mass is 10.2. The van der Waals surface area contributed by atoms with Crippen LogP contribution in [0.25, 0.3) is 0 Å². The fourth-order valence-electron chi connectivity index (χ4n) is 2.37. The van der Waals surface area contributed by atoms with E-state index in [1.165, 1.54) is 0 Å². The van der Waals surface area contributed by atoms with Gasteiger partial charge in [0.25, 0.3) is 0 Å². The highest BCUT2D eigenvalue weighted by Crippen LogP contribution is 2.28. The van der Waals surface area contributed by atoms with Crippen LogP contribution in [0.15, 0.2) is 71.8 Å². The first-order valence-corrected chi connectivity index (χ1v) is 9.00. The van der Waals surface area contributed by atoms with Gasteiger partial charge in [0.15, 0.2) is 0 Å². The summed E-state index contributed by atoms with van der Waals surface area (Å²) in [5.41, 5.74) is 5.61. The number of anilines is 1. The Hall–Kier alpha value is -2.69. The number of hydrogen-bond acceptors (Lipinski definition) is 4. The Labute approximate surface area is 168 Å². The maximum Gasteiger partial charge on any atom is 0.138 e. The van der Waals surface area contributed by atoms with Crippen molar-refractivity contribution in [1.29, 1.82) is 0 Å². The molecule has 0 bridgehead atoms. The summed E-state index contributed by atoms with van der Waals surface area (Å²) >= 11 is 12.4. The second-order valence-corrected chi connectivity index (χ2v) is 6.50. The van der Waals surface area contributed by atoms with Gasteiger partial charge in [0.1, 0.15) is 18.1 Å². The number of rotatable bonds is 7. The van der Waals surface area contributed by atoms with Crippen molar-refractivity contribution < 1.29 is 9.47 Å². The number of halogens is 2. The molecule has 138 valence electrons. The van der Waals surface area contributed by atoms with Crippen molar-refractivity contribution in [3.63, 3.8) is 0 Å². The van der Waals surface area contributed by atoms with Crippen molar-refractivity contribution in [2.45, 2.75) is 6.61 Å². The van der Waals surface area contributed by atoms with Crippen molar-refractivity contribution in [3.05, 3.63) is 87.9 Å². The predicted octanol–water partition coefficient (Wildman–Crippen LogP) is 6.03. The summed E-state index contributed by atoms with van der Waals surface area (Å²) < 4.78 is 10.9. The second kappa shape index (κ2) is 9.31. The van der Waals surface area contributed by atoms with Gasteiger partial charge in [0, 0.05) is 0 Å². The van der Waals surface area contributed by atoms with Crippen molar-refractivity contribution >= 4 is 35.1 Å². The van der Waals surface area contributed by atoms with Gasteiger partial charge in [-0.3, -0.25) is 5.43 Å². The molecule has 0 saturated carbocycles. The average Bonchev–Trinajstić information content (AvgIpc) is 2.68. The van der Waals surface area contributed by atoms with Crippen LogP contribution in [-0.4, -0.2) is 13.3 Å². The Morgan fingerprint density at radius 1 is 0.926 bits per heavy atom. The van der Waals surface area contributed by atoms with E-state index in [1.807, 2.05) is 48.5 Å². The Morgan fingerprint density at radius 3 is 2.37 bits per heavy atom. The fraction of sp³-hybridized carbons (Fsp3) is 0.0952. The molecular formula is C21H18Cl2N2O2. The highest BCUT2D eigenvalue weighted by molar-refractivity contribution is 6.32. The van der Waals surface area contributed by atoms with Gasteiger partial charge in [-0.1, -0.05) is 53.5 Å². The van der Waals surface area contributed by atoms with Crippen molar-refractivity contribution in [2.24, 2.45) is 5.10 Å². The molecule has 0 heterocycles. The third-order valence-corrected chi connectivity index (χ3v) is 4.34. The number of ether oxygens (including phenoxy) is 2. The molecule has 3 aromatic carbocycles. The summed E-state index contributed by atoms with van der Waals surface area (Å²) in [4.78, 5) is 0. The molecule has 0 radical (unpaired) electrons. The third kappa shape index (κ3) is 5.39. The van der Waals surface area contributed by atoms with E-state index >= 15 is 0 Å². The molecule has 0 spiro atoms. The van der Waals surface area contributed by atoms with Crippen molar-refractivity contribution in [3.8, 4) is 11.5 Å². The lowest BCUT2D eigenvalue weighted by Gasteiger charge is -2.08. The molecule has 0 unspecified atom stereocenters. The van der Waals surface area contributed by atoms with Gasteiger partial charge in [-0.2, -0.15) is 5.10 Å². The number of methoxy groups -OCH3 is 1. The van der Waals surface area contributed by atoms with Crippen LogP contribution in [-0.2, 0) is 6.61 Å². The minimum Gasteiger partial charge on any atom is -0.495 e. The zero-order valence-corrected chi connectivity index (χ0v) is 16.2. The van der Waals surface area contributed by atoms with E-state index in [2.05, 4.69) is 10.5 Å². The minimum atomic E-state index is 0.466. The van der Waals surface area contributed by atoms with E-state index in [9.17, 15) is 0 Å². The summed E-state index contributed by atoms with van der Waals surface area (Å²) in [6.07, 6.45) is 1.67. The summed E-state index contributed by atoms with van der Waals surface area (Å²) in [5, 5.41) is 5.24. The second-order valence-electron chi connectivity index (χ2n) is 5.68. The molecule has 1 N–H and O–H groups in total. The SMILES string of the molecule is COc1ccc(N/N=C/c2ccc(OCc3ccccc3)c(Cl)c2)cc1Cl. The lowest BCUT2D eigenvalue weighted by molar-refractivity contribution is 0.306. The number of nitrogens with one attached hydrogen (secondary N) is 1. The topological polar surface area (TPSA) is 42.8 Å². The predicted molar refractivity (Wildman–Crippen MR) is 111 cm³/mol. The molecule has 3 aromatic rings. The van der Waals surface area contributed by atoms with E-state index in [0.717, 1.165) is 16.8 Å². The highest BCUT2D eigenvalue weighted by atomic mass is 35.5. The monoisotopic (exact) mass is 400 g/mol. The van der Waals surface area contributed by atoms with Gasteiger partial charge in [-0.15, -0.1) is 0 Å². The maximum absolute atomic E-state index is 6.31. The maximum atomic E-state index is 6.31. The molecule has 6 heteroatoms. The lowest BCUT2D eigenvalue weighted by Crippen LogP contribution is -1.96. The van der Waals surface area contributed by atoms with Gasteiger partial charge in [-0.05, 0) is 47.5 Å². The standard InChI is InChI=1S/C21H18Cl2N2O2/c1-26-20-10-8-17(12-19(20)23)25-24-13-16-7-9-21(18(22)11-16)27-14-15-5-3-2-4-6-15/h2-13,25H,14H2,1H3/b24-13+. The third-order valence-electron chi connectivity index (χ3n) is 3.75. The first-order chi connectivity index (χ1) is 13.2. The average molecular weight is 401 g/mol. The van der Waals surface area contributed by atoms with Crippen molar-refractivity contribution in [2.75, 3.05) is 12.5 Å². The minimum absolute atomic E-state index is 0.466. The number of hydrazone groups is 1. The summed E-state index contributed by atoms with van der Waals surface area (Å²) in [6, 6.07) is 20.8. The van der Waals surface area contributed by atoms with Crippen LogP contribution in [0, 0.1) is 0 Å². The Bertz CT molecular complexity index is 931. The van der Waals surface area contributed by atoms with E-state index < -0.39 is 0 Å². The van der Waals surface area contributed by atoms with Gasteiger partial charge < -0.3 is 9.47 Å². The molecule has 0 aliphatic rings. The van der Waals surface area contributed by atoms with Crippen LogP contribution in [0.5, 0.6) is 11.5 Å². The number of hydrogen-bond donors (Lipinski definition) is 1. The smallest absolute Gasteiger partial charge is 0.138 e. The van der Waals surface area contributed by atoms with Crippen LogP contribution in [0.4, 0.5) is 5.69 Å².